The predicted octanol–water partition coefficient (Wildman–Crippen LogP) is 3.88. The Morgan fingerprint density at radius 2 is 2.15 bits per heavy atom. The molecule has 0 aromatic carbocycles. The summed E-state index contributed by atoms with van der Waals surface area (Å²) >= 11 is 0. The van der Waals surface area contributed by atoms with Crippen LogP contribution in [0.2, 0.25) is 0 Å². The molecule has 1 heterocycles. The number of hydrogen-bond donors (Lipinski definition) is 1. The molecule has 1 aromatic heterocycles. The molecule has 142 valence electrons. The van der Waals surface area contributed by atoms with E-state index in [0.29, 0.717) is 18.7 Å². The first-order valence-corrected chi connectivity index (χ1v) is 10.3. The molecular weight excluding hydrogens is 326 g/mol. The lowest BCUT2D eigenvalue weighted by Crippen LogP contribution is -2.66. The average Bonchev–Trinajstić information content (AvgIpc) is 3.52. The minimum atomic E-state index is 0.0984. The van der Waals surface area contributed by atoms with E-state index < -0.39 is 0 Å². The Hall–Kier alpha value is -1.62. The van der Waals surface area contributed by atoms with E-state index in [2.05, 4.69) is 17.2 Å². The number of hydrogen-bond acceptors (Lipinski definition) is 3. The highest BCUT2D eigenvalue weighted by atomic mass is 16.5. The van der Waals surface area contributed by atoms with Gasteiger partial charge >= 0.3 is 6.03 Å². The van der Waals surface area contributed by atoms with Crippen molar-refractivity contribution in [2.45, 2.75) is 83.0 Å². The van der Waals surface area contributed by atoms with Gasteiger partial charge in [-0.05, 0) is 50.7 Å². The smallest absolute Gasteiger partial charge is 0.318 e. The number of nitrogens with zero attached hydrogens (tertiary/aromatic N) is 2. The van der Waals surface area contributed by atoms with Crippen LogP contribution in [0.5, 0.6) is 0 Å². The van der Waals surface area contributed by atoms with Crippen LogP contribution in [0.4, 0.5) is 4.79 Å². The summed E-state index contributed by atoms with van der Waals surface area (Å²) in [4.78, 5) is 19.3. The average molecular weight is 357 g/mol. The number of amides is 2. The van der Waals surface area contributed by atoms with Crippen molar-refractivity contribution in [3.05, 3.63) is 30.1 Å². The molecule has 0 radical (unpaired) electrons. The molecule has 3 aliphatic carbocycles. The molecule has 26 heavy (non-hydrogen) atoms. The van der Waals surface area contributed by atoms with Crippen molar-refractivity contribution in [1.82, 2.24) is 15.2 Å². The quantitative estimate of drug-likeness (QED) is 0.840. The highest BCUT2D eigenvalue weighted by molar-refractivity contribution is 5.75. The first kappa shape index (κ1) is 17.8. The van der Waals surface area contributed by atoms with Gasteiger partial charge in [-0.25, -0.2) is 4.79 Å². The topological polar surface area (TPSA) is 54.5 Å². The van der Waals surface area contributed by atoms with Gasteiger partial charge in [0.2, 0.25) is 0 Å². The molecule has 1 aromatic rings. The summed E-state index contributed by atoms with van der Waals surface area (Å²) in [5, 5.41) is 3.39. The molecule has 5 nitrogen and oxygen atoms in total. The lowest BCUT2D eigenvalue weighted by atomic mass is 9.55. The minimum absolute atomic E-state index is 0.0984. The van der Waals surface area contributed by atoms with Gasteiger partial charge in [-0.1, -0.05) is 25.3 Å². The second-order valence-corrected chi connectivity index (χ2v) is 8.20. The van der Waals surface area contributed by atoms with Crippen LogP contribution in [-0.4, -0.2) is 40.7 Å². The van der Waals surface area contributed by atoms with Gasteiger partial charge in [0.05, 0.1) is 6.10 Å². The van der Waals surface area contributed by atoms with E-state index in [1.54, 1.807) is 6.20 Å². The molecule has 2 unspecified atom stereocenters. The zero-order valence-corrected chi connectivity index (χ0v) is 15.8. The SMILES string of the molecule is CCOC1CC(NC(=O)N(Cc2cccnc2)C2CC2)C12CCCCC2. The fraction of sp³-hybridized carbons (Fsp3) is 0.714. The number of nitrogens with one attached hydrogen (secondary N) is 1. The summed E-state index contributed by atoms with van der Waals surface area (Å²) in [7, 11) is 0. The second kappa shape index (κ2) is 7.55. The highest BCUT2D eigenvalue weighted by Crippen LogP contribution is 2.53. The van der Waals surface area contributed by atoms with Gasteiger partial charge in [0.1, 0.15) is 0 Å². The van der Waals surface area contributed by atoms with Gasteiger partial charge in [-0.15, -0.1) is 0 Å². The van der Waals surface area contributed by atoms with Crippen molar-refractivity contribution in [2.75, 3.05) is 6.61 Å². The Morgan fingerprint density at radius 3 is 2.81 bits per heavy atom. The summed E-state index contributed by atoms with van der Waals surface area (Å²) in [5.74, 6) is 0. The fourth-order valence-electron chi connectivity index (χ4n) is 4.94. The van der Waals surface area contributed by atoms with E-state index in [4.69, 9.17) is 4.74 Å². The lowest BCUT2D eigenvalue weighted by molar-refractivity contribution is -0.147. The van der Waals surface area contributed by atoms with Crippen molar-refractivity contribution in [1.29, 1.82) is 0 Å². The fourth-order valence-corrected chi connectivity index (χ4v) is 4.94. The van der Waals surface area contributed by atoms with Crippen LogP contribution < -0.4 is 5.32 Å². The van der Waals surface area contributed by atoms with Gasteiger partial charge in [0, 0.05) is 43.0 Å². The summed E-state index contributed by atoms with van der Waals surface area (Å²) in [6.07, 6.45) is 13.4. The maximum atomic E-state index is 13.1. The molecule has 4 rings (SSSR count). The number of urea groups is 1. The summed E-state index contributed by atoms with van der Waals surface area (Å²) in [6.45, 7) is 3.49. The Labute approximate surface area is 156 Å². The van der Waals surface area contributed by atoms with Gasteiger partial charge in [0.15, 0.2) is 0 Å². The summed E-state index contributed by atoms with van der Waals surface area (Å²) < 4.78 is 6.03. The summed E-state index contributed by atoms with van der Waals surface area (Å²) in [5.41, 5.74) is 1.27. The maximum Gasteiger partial charge on any atom is 0.318 e. The Bertz CT molecular complexity index is 611. The molecule has 2 amide bonds. The van der Waals surface area contributed by atoms with E-state index in [-0.39, 0.29) is 17.5 Å². The van der Waals surface area contributed by atoms with Gasteiger partial charge in [-0.2, -0.15) is 0 Å². The zero-order chi connectivity index (χ0) is 18.0. The van der Waals surface area contributed by atoms with E-state index in [1.807, 2.05) is 23.2 Å². The molecule has 5 heteroatoms. The molecular formula is C21H31N3O2. The van der Waals surface area contributed by atoms with Crippen LogP contribution >= 0.6 is 0 Å². The summed E-state index contributed by atoms with van der Waals surface area (Å²) in [6, 6.07) is 4.74. The van der Waals surface area contributed by atoms with Crippen LogP contribution in [0, 0.1) is 5.41 Å². The zero-order valence-electron chi connectivity index (χ0n) is 15.8. The van der Waals surface area contributed by atoms with Crippen LogP contribution in [0.15, 0.2) is 24.5 Å². The number of carbonyl (C=O) groups is 1. The third kappa shape index (κ3) is 3.46. The van der Waals surface area contributed by atoms with E-state index in [9.17, 15) is 4.79 Å². The first-order valence-electron chi connectivity index (χ1n) is 10.3. The predicted molar refractivity (Wildman–Crippen MR) is 101 cm³/mol. The van der Waals surface area contributed by atoms with Crippen molar-refractivity contribution < 1.29 is 9.53 Å². The Balaban J connectivity index is 1.42. The molecule has 3 saturated carbocycles. The van der Waals surface area contributed by atoms with Gasteiger partial charge in [-0.3, -0.25) is 4.98 Å². The highest BCUT2D eigenvalue weighted by Gasteiger charge is 2.56. The number of ether oxygens (including phenoxy) is 1. The number of carbonyl (C=O) groups excluding carboxylic acids is 1. The van der Waals surface area contributed by atoms with E-state index in [0.717, 1.165) is 31.4 Å². The van der Waals surface area contributed by atoms with Crippen LogP contribution in [0.25, 0.3) is 0 Å². The molecule has 3 aliphatic rings. The van der Waals surface area contributed by atoms with Gasteiger partial charge < -0.3 is 15.0 Å². The third-order valence-corrected chi connectivity index (χ3v) is 6.56. The van der Waals surface area contributed by atoms with Crippen LogP contribution in [-0.2, 0) is 11.3 Å². The molecule has 1 spiro atoms. The largest absolute Gasteiger partial charge is 0.378 e. The maximum absolute atomic E-state index is 13.1. The minimum Gasteiger partial charge on any atom is -0.378 e. The molecule has 3 fully saturated rings. The monoisotopic (exact) mass is 357 g/mol. The molecule has 2 atom stereocenters. The molecule has 1 N–H and O–H groups in total. The van der Waals surface area contributed by atoms with Crippen molar-refractivity contribution >= 4 is 6.03 Å². The molecule has 0 aliphatic heterocycles. The Morgan fingerprint density at radius 1 is 1.35 bits per heavy atom. The van der Waals surface area contributed by atoms with Crippen molar-refractivity contribution in [2.24, 2.45) is 5.41 Å². The Kier molecular flexibility index (Phi) is 5.16. The van der Waals surface area contributed by atoms with Crippen LogP contribution in [0.1, 0.15) is 63.9 Å². The number of rotatable bonds is 6. The normalized spacial score (nSPS) is 27.0. The number of aromatic nitrogens is 1. The molecule has 0 saturated heterocycles. The second-order valence-electron chi connectivity index (χ2n) is 8.20. The van der Waals surface area contributed by atoms with E-state index >= 15 is 0 Å². The van der Waals surface area contributed by atoms with Crippen molar-refractivity contribution in [3.8, 4) is 0 Å². The van der Waals surface area contributed by atoms with E-state index in [1.165, 1.54) is 32.1 Å². The standard InChI is InChI=1S/C21H31N3O2/c1-2-26-19-13-18(21(19)10-4-3-5-11-21)23-20(25)24(17-8-9-17)15-16-7-6-12-22-14-16/h6-7,12,14,17-19H,2-5,8-11,13,15H2,1H3,(H,23,25). The number of pyridine rings is 1. The van der Waals surface area contributed by atoms with Crippen molar-refractivity contribution in [3.63, 3.8) is 0 Å². The molecule has 0 bridgehead atoms. The lowest BCUT2D eigenvalue weighted by Gasteiger charge is -2.57. The third-order valence-electron chi connectivity index (χ3n) is 6.56. The first-order chi connectivity index (χ1) is 12.7. The van der Waals surface area contributed by atoms with Gasteiger partial charge in [0.25, 0.3) is 0 Å². The van der Waals surface area contributed by atoms with Crippen LogP contribution in [0.3, 0.4) is 0 Å².